The summed E-state index contributed by atoms with van der Waals surface area (Å²) >= 11 is 3.99. The maximum Gasteiger partial charge on any atom is 1.00 e. The number of fused-ring (bicyclic) bond motifs is 2. The first kappa shape index (κ1) is 27.5. The van der Waals surface area contributed by atoms with Crippen molar-refractivity contribution in [1.29, 1.82) is 0 Å². The third kappa shape index (κ3) is 5.24. The number of β-lactam (4-membered cyclic amide) rings is 1. The molecule has 4 N–H and O–H groups in total. The van der Waals surface area contributed by atoms with E-state index in [4.69, 9.17) is 10.6 Å². The van der Waals surface area contributed by atoms with Crippen LogP contribution >= 0.6 is 34.9 Å². The van der Waals surface area contributed by atoms with Gasteiger partial charge in [0.05, 0.1) is 5.03 Å². The molecule has 2 amide bonds. The quantitative estimate of drug-likeness (QED) is 0.0943. The summed E-state index contributed by atoms with van der Waals surface area (Å²) in [6.07, 6.45) is 3.53. The number of carboxylic acid groups (broad SMARTS) is 1. The van der Waals surface area contributed by atoms with Gasteiger partial charge in [0.25, 0.3) is 11.8 Å². The molecule has 37 heavy (non-hydrogen) atoms. The van der Waals surface area contributed by atoms with E-state index in [0.717, 1.165) is 22.0 Å². The van der Waals surface area contributed by atoms with E-state index < -0.39 is 29.2 Å². The minimum absolute atomic E-state index is 0. The van der Waals surface area contributed by atoms with Crippen LogP contribution in [0.3, 0.4) is 0 Å². The number of amides is 2. The van der Waals surface area contributed by atoms with E-state index in [2.05, 4.69) is 20.4 Å². The van der Waals surface area contributed by atoms with Gasteiger partial charge in [0.15, 0.2) is 10.8 Å². The zero-order valence-corrected chi connectivity index (χ0v) is 24.1. The standard InChI is InChI=1S/C21H19N7O5S3.Na.H/c1-33-26-14(11-9-36-21(22)24-11)17(29)25-15-18(30)28-16(20(31)32)10(8-35-19(15)28)7-34-13-4-2-3-12-23-5-6-27(12)13;;/h2-6,9,15,19H,7-8H2,1H3,(H2,22,24)(H,25,29)(H,31,32);;/q;+1;-1/b26-14-;;/t15-,19-;;/m1../s1. The Hall–Kier alpha value is -2.56. The van der Waals surface area contributed by atoms with Gasteiger partial charge in [-0.3, -0.25) is 18.9 Å². The molecule has 2 atom stereocenters. The third-order valence-corrected chi connectivity index (χ3v) is 8.62. The van der Waals surface area contributed by atoms with E-state index in [1.807, 2.05) is 28.8 Å². The van der Waals surface area contributed by atoms with Crippen molar-refractivity contribution in [2.24, 2.45) is 5.16 Å². The molecule has 0 spiro atoms. The normalized spacial score (nSPS) is 19.2. The molecule has 2 aliphatic rings. The Morgan fingerprint density at radius 1 is 1.43 bits per heavy atom. The molecular weight excluding hydrogens is 549 g/mol. The summed E-state index contributed by atoms with van der Waals surface area (Å²) in [5, 5.41) is 18.5. The number of carboxylic acids is 1. The molecule has 1 fully saturated rings. The van der Waals surface area contributed by atoms with Gasteiger partial charge in [0, 0.05) is 29.3 Å². The van der Waals surface area contributed by atoms with E-state index in [0.29, 0.717) is 17.1 Å². The fraction of sp³-hybridized carbons (Fsp3) is 0.238. The van der Waals surface area contributed by atoms with Gasteiger partial charge in [-0.05, 0) is 17.7 Å². The van der Waals surface area contributed by atoms with E-state index >= 15 is 0 Å². The van der Waals surface area contributed by atoms with Crippen LogP contribution in [0.25, 0.3) is 5.65 Å². The first-order valence-corrected chi connectivity index (χ1v) is 13.4. The predicted molar refractivity (Wildman–Crippen MR) is 137 cm³/mol. The van der Waals surface area contributed by atoms with Gasteiger partial charge in [-0.1, -0.05) is 11.2 Å². The molecular formula is C21H20N7NaO5S3. The van der Waals surface area contributed by atoms with Crippen molar-refractivity contribution in [3.8, 4) is 0 Å². The molecule has 188 valence electrons. The number of carbonyl (C=O) groups is 3. The van der Waals surface area contributed by atoms with E-state index in [1.165, 1.54) is 35.5 Å². The number of thioether (sulfide) groups is 2. The van der Waals surface area contributed by atoms with Crippen LogP contribution in [0.15, 0.2) is 57.4 Å². The molecule has 0 radical (unpaired) electrons. The molecule has 0 bridgehead atoms. The molecule has 0 aliphatic carbocycles. The van der Waals surface area contributed by atoms with Crippen LogP contribution in [0.1, 0.15) is 7.12 Å². The number of nitrogen functional groups attached to an aromatic ring is 1. The van der Waals surface area contributed by atoms with Crippen LogP contribution in [0.2, 0.25) is 0 Å². The monoisotopic (exact) mass is 569 g/mol. The van der Waals surface area contributed by atoms with Crippen LogP contribution in [0, 0.1) is 0 Å². The predicted octanol–water partition coefficient (Wildman–Crippen LogP) is -1.63. The fourth-order valence-corrected chi connectivity index (χ4v) is 6.95. The number of pyridine rings is 1. The fourth-order valence-electron chi connectivity index (χ4n) is 3.90. The number of nitrogens with two attached hydrogens (primary N) is 1. The number of hydrogen-bond acceptors (Lipinski definition) is 11. The number of oxime groups is 1. The van der Waals surface area contributed by atoms with Crippen molar-refractivity contribution in [3.05, 3.63) is 52.9 Å². The van der Waals surface area contributed by atoms with Crippen LogP contribution < -0.4 is 40.6 Å². The van der Waals surface area contributed by atoms with Crippen LogP contribution in [-0.4, -0.2) is 77.9 Å². The van der Waals surface area contributed by atoms with Crippen molar-refractivity contribution in [2.75, 3.05) is 24.3 Å². The van der Waals surface area contributed by atoms with E-state index in [9.17, 15) is 19.5 Å². The van der Waals surface area contributed by atoms with Gasteiger partial charge < -0.3 is 22.4 Å². The molecule has 3 aromatic heterocycles. The Labute approximate surface area is 246 Å². The van der Waals surface area contributed by atoms with Crippen LogP contribution in [0.5, 0.6) is 0 Å². The van der Waals surface area contributed by atoms with Crippen molar-refractivity contribution < 1.29 is 55.3 Å². The number of carbonyl (C=O) groups excluding carboxylic acids is 2. The Balaban J connectivity index is 0.00000200. The average molecular weight is 570 g/mol. The van der Waals surface area contributed by atoms with E-state index in [1.54, 1.807) is 11.6 Å². The molecule has 3 aromatic rings. The Kier molecular flexibility index (Phi) is 8.50. The van der Waals surface area contributed by atoms with Gasteiger partial charge in [-0.15, -0.1) is 34.9 Å². The summed E-state index contributed by atoms with van der Waals surface area (Å²) in [5.74, 6) is -1.58. The van der Waals surface area contributed by atoms with E-state index in [-0.39, 0.29) is 53.2 Å². The number of aliphatic carboxylic acids is 1. The second-order valence-electron chi connectivity index (χ2n) is 7.62. The molecule has 5 heterocycles. The molecule has 2 aliphatic heterocycles. The molecule has 0 aromatic carbocycles. The SMILES string of the molecule is CO/N=C(\C(=O)N[C@@H]1C(=O)N2C(C(=O)O)=C(CSc3cccc4nccn34)CS[C@H]12)c1csc(N)n1.[H-].[Na+]. The van der Waals surface area contributed by atoms with Gasteiger partial charge in [-0.25, -0.2) is 14.8 Å². The van der Waals surface area contributed by atoms with Crippen molar-refractivity contribution in [2.45, 2.75) is 16.4 Å². The smallest absolute Gasteiger partial charge is 1.00 e. The maximum absolute atomic E-state index is 13.0. The molecule has 0 saturated carbocycles. The molecule has 1 saturated heterocycles. The third-order valence-electron chi connectivity index (χ3n) is 5.48. The van der Waals surface area contributed by atoms with Gasteiger partial charge >= 0.3 is 35.5 Å². The zero-order valence-electron chi connectivity index (χ0n) is 20.7. The topological polar surface area (TPSA) is 165 Å². The minimum Gasteiger partial charge on any atom is -1.00 e. The maximum atomic E-state index is 13.0. The van der Waals surface area contributed by atoms with Crippen molar-refractivity contribution >= 4 is 69.1 Å². The number of rotatable bonds is 8. The number of hydrogen-bond donors (Lipinski definition) is 3. The number of imidazole rings is 1. The van der Waals surface area contributed by atoms with Gasteiger partial charge in [0.1, 0.15) is 35.6 Å². The first-order valence-electron chi connectivity index (χ1n) is 10.5. The number of aromatic nitrogens is 3. The molecule has 12 nitrogen and oxygen atoms in total. The number of nitrogens with one attached hydrogen (secondary N) is 1. The summed E-state index contributed by atoms with van der Waals surface area (Å²) in [6.45, 7) is 0. The minimum atomic E-state index is -1.19. The van der Waals surface area contributed by atoms with Gasteiger partial charge in [-0.2, -0.15) is 0 Å². The summed E-state index contributed by atoms with van der Waals surface area (Å²) in [6, 6.07) is 4.78. The number of thiazole rings is 1. The molecule has 5 rings (SSSR count). The summed E-state index contributed by atoms with van der Waals surface area (Å²) in [5.41, 5.74) is 7.11. The van der Waals surface area contributed by atoms with Crippen LogP contribution in [0.4, 0.5) is 5.13 Å². The number of anilines is 1. The van der Waals surface area contributed by atoms with Crippen molar-refractivity contribution in [1.82, 2.24) is 24.6 Å². The summed E-state index contributed by atoms with van der Waals surface area (Å²) < 4.78 is 1.92. The Bertz CT molecular complexity index is 1450. The summed E-state index contributed by atoms with van der Waals surface area (Å²) in [4.78, 5) is 52.3. The van der Waals surface area contributed by atoms with Gasteiger partial charge in [0.2, 0.25) is 0 Å². The Morgan fingerprint density at radius 2 is 2.24 bits per heavy atom. The zero-order chi connectivity index (χ0) is 25.4. The van der Waals surface area contributed by atoms with Crippen LogP contribution in [-0.2, 0) is 19.2 Å². The second kappa shape index (κ2) is 11.4. The largest absolute Gasteiger partial charge is 1.00 e. The van der Waals surface area contributed by atoms with Crippen molar-refractivity contribution in [3.63, 3.8) is 0 Å². The number of nitrogens with zero attached hydrogens (tertiary/aromatic N) is 5. The average Bonchev–Trinajstić information content (AvgIpc) is 3.52. The molecule has 16 heteroatoms. The second-order valence-corrected chi connectivity index (χ2v) is 10.6. The summed E-state index contributed by atoms with van der Waals surface area (Å²) in [7, 11) is 1.28. The first-order chi connectivity index (χ1) is 17.4. The molecule has 0 unspecified atom stereocenters. The Morgan fingerprint density at radius 3 is 2.95 bits per heavy atom.